The highest BCUT2D eigenvalue weighted by Gasteiger charge is 2.14. The number of hydrogen-bond donors (Lipinski definition) is 2. The maximum atomic E-state index is 12.0. The van der Waals surface area contributed by atoms with Gasteiger partial charge in [-0.1, -0.05) is 17.7 Å². The first-order valence-electron chi connectivity index (χ1n) is 8.32. The van der Waals surface area contributed by atoms with Gasteiger partial charge in [-0.25, -0.2) is 4.98 Å². The van der Waals surface area contributed by atoms with Gasteiger partial charge in [0.15, 0.2) is 16.5 Å². The Labute approximate surface area is 170 Å². The molecule has 2 N–H and O–H groups in total. The lowest BCUT2D eigenvalue weighted by Gasteiger charge is -2.11. The largest absolute Gasteiger partial charge is 0.459 e. The quantitative estimate of drug-likeness (QED) is 0.452. The molecule has 0 fully saturated rings. The molecule has 0 radical (unpaired) electrons. The number of rotatable bonds is 3. The van der Waals surface area contributed by atoms with Crippen molar-refractivity contribution in [2.75, 3.05) is 5.32 Å². The first-order valence-corrected chi connectivity index (χ1v) is 9.11. The van der Waals surface area contributed by atoms with Crippen molar-refractivity contribution in [1.82, 2.24) is 10.3 Å². The molecular formula is C20H14ClN3O3S. The van der Waals surface area contributed by atoms with Crippen LogP contribution in [0.25, 0.3) is 22.6 Å². The smallest absolute Gasteiger partial charge is 0.293 e. The Kier molecular flexibility index (Phi) is 4.85. The SMILES string of the molecule is Cc1ccc2oc(-c3ccc(Cl)c(NC(=S)NC(=O)c4ccco4)c3)nc2c1. The van der Waals surface area contributed by atoms with E-state index in [9.17, 15) is 4.79 Å². The summed E-state index contributed by atoms with van der Waals surface area (Å²) in [4.78, 5) is 16.5. The summed E-state index contributed by atoms with van der Waals surface area (Å²) in [7, 11) is 0. The molecule has 6 nitrogen and oxygen atoms in total. The van der Waals surface area contributed by atoms with Gasteiger partial charge in [0.25, 0.3) is 5.91 Å². The third kappa shape index (κ3) is 3.76. The predicted octanol–water partition coefficient (Wildman–Crippen LogP) is 5.18. The number of carbonyl (C=O) groups excluding carboxylic acids is 1. The molecule has 4 aromatic rings. The van der Waals surface area contributed by atoms with Gasteiger partial charge in [-0.3, -0.25) is 10.1 Å². The van der Waals surface area contributed by atoms with Crippen LogP contribution in [0.1, 0.15) is 16.1 Å². The fourth-order valence-corrected chi connectivity index (χ4v) is 3.01. The van der Waals surface area contributed by atoms with Crippen molar-refractivity contribution in [2.45, 2.75) is 6.92 Å². The van der Waals surface area contributed by atoms with Crippen LogP contribution in [-0.2, 0) is 0 Å². The number of thiocarbonyl (C=S) groups is 1. The van der Waals surface area contributed by atoms with Crippen LogP contribution < -0.4 is 10.6 Å². The maximum Gasteiger partial charge on any atom is 0.293 e. The van der Waals surface area contributed by atoms with Gasteiger partial charge in [-0.05, 0) is 67.2 Å². The summed E-state index contributed by atoms with van der Waals surface area (Å²) in [5.41, 5.74) is 3.82. The summed E-state index contributed by atoms with van der Waals surface area (Å²) in [5.74, 6) is 0.167. The molecule has 2 aromatic carbocycles. The van der Waals surface area contributed by atoms with Crippen LogP contribution in [0.2, 0.25) is 5.02 Å². The van der Waals surface area contributed by atoms with Crippen molar-refractivity contribution in [1.29, 1.82) is 0 Å². The van der Waals surface area contributed by atoms with E-state index in [2.05, 4.69) is 15.6 Å². The minimum absolute atomic E-state index is 0.0913. The molecule has 4 rings (SSSR count). The van der Waals surface area contributed by atoms with Crippen molar-refractivity contribution in [3.05, 3.63) is 71.1 Å². The summed E-state index contributed by atoms with van der Waals surface area (Å²) in [6.45, 7) is 2.00. The summed E-state index contributed by atoms with van der Waals surface area (Å²) in [5, 5.41) is 5.97. The number of amides is 1. The Balaban J connectivity index is 1.56. The van der Waals surface area contributed by atoms with Gasteiger partial charge in [-0.15, -0.1) is 0 Å². The van der Waals surface area contributed by atoms with Crippen LogP contribution >= 0.6 is 23.8 Å². The highest BCUT2D eigenvalue weighted by Crippen LogP contribution is 2.30. The molecule has 0 aliphatic heterocycles. The highest BCUT2D eigenvalue weighted by molar-refractivity contribution is 7.80. The Morgan fingerprint density at radius 1 is 1.18 bits per heavy atom. The molecule has 0 unspecified atom stereocenters. The summed E-state index contributed by atoms with van der Waals surface area (Å²) in [6.07, 6.45) is 1.41. The van der Waals surface area contributed by atoms with Crippen molar-refractivity contribution in [2.24, 2.45) is 0 Å². The Bertz CT molecular complexity index is 1180. The van der Waals surface area contributed by atoms with Crippen molar-refractivity contribution < 1.29 is 13.6 Å². The number of furan rings is 1. The van der Waals surface area contributed by atoms with Crippen LogP contribution in [0.4, 0.5) is 5.69 Å². The van der Waals surface area contributed by atoms with Gasteiger partial charge in [0.05, 0.1) is 17.0 Å². The predicted molar refractivity (Wildman–Crippen MR) is 112 cm³/mol. The molecule has 0 spiro atoms. The van der Waals surface area contributed by atoms with Crippen molar-refractivity contribution in [3.63, 3.8) is 0 Å². The minimum Gasteiger partial charge on any atom is -0.459 e. The molecule has 0 saturated carbocycles. The summed E-state index contributed by atoms with van der Waals surface area (Å²) >= 11 is 11.4. The lowest BCUT2D eigenvalue weighted by Crippen LogP contribution is -2.33. The number of hydrogen-bond acceptors (Lipinski definition) is 5. The number of oxazole rings is 1. The molecule has 8 heteroatoms. The molecule has 1 amide bonds. The zero-order valence-corrected chi connectivity index (χ0v) is 16.2. The Morgan fingerprint density at radius 2 is 2.04 bits per heavy atom. The van der Waals surface area contributed by atoms with E-state index in [0.29, 0.717) is 22.2 Å². The number of carbonyl (C=O) groups is 1. The molecule has 0 saturated heterocycles. The molecule has 0 atom stereocenters. The van der Waals surface area contributed by atoms with E-state index in [4.69, 9.17) is 32.7 Å². The van der Waals surface area contributed by atoms with Crippen LogP contribution in [0.15, 0.2) is 63.6 Å². The average molecular weight is 412 g/mol. The van der Waals surface area contributed by atoms with E-state index in [1.807, 2.05) is 25.1 Å². The van der Waals surface area contributed by atoms with E-state index in [0.717, 1.165) is 16.6 Å². The van der Waals surface area contributed by atoms with Crippen LogP contribution in [0, 0.1) is 6.92 Å². The number of halogens is 1. The van der Waals surface area contributed by atoms with Crippen molar-refractivity contribution in [3.8, 4) is 11.5 Å². The molecule has 28 heavy (non-hydrogen) atoms. The second-order valence-corrected chi connectivity index (χ2v) is 6.89. The first-order chi connectivity index (χ1) is 13.5. The average Bonchev–Trinajstić information content (AvgIpc) is 3.32. The van der Waals surface area contributed by atoms with Gasteiger partial charge < -0.3 is 14.2 Å². The van der Waals surface area contributed by atoms with E-state index in [1.165, 1.54) is 6.26 Å². The molecular weight excluding hydrogens is 398 g/mol. The Hall–Kier alpha value is -3.16. The van der Waals surface area contributed by atoms with Gasteiger partial charge in [-0.2, -0.15) is 0 Å². The number of aryl methyl sites for hydroxylation is 1. The zero-order valence-electron chi connectivity index (χ0n) is 14.7. The summed E-state index contributed by atoms with van der Waals surface area (Å²) < 4.78 is 10.9. The number of fused-ring (bicyclic) bond motifs is 1. The summed E-state index contributed by atoms with van der Waals surface area (Å²) in [6, 6.07) is 14.2. The topological polar surface area (TPSA) is 80.3 Å². The van der Waals surface area contributed by atoms with E-state index in [-0.39, 0.29) is 10.9 Å². The van der Waals surface area contributed by atoms with Gasteiger partial charge in [0, 0.05) is 5.56 Å². The molecule has 0 aliphatic carbocycles. The molecule has 0 bridgehead atoms. The Morgan fingerprint density at radius 3 is 2.82 bits per heavy atom. The van der Waals surface area contributed by atoms with Gasteiger partial charge >= 0.3 is 0 Å². The van der Waals surface area contributed by atoms with Crippen molar-refractivity contribution >= 4 is 51.6 Å². The second kappa shape index (κ2) is 7.46. The number of aromatic nitrogens is 1. The van der Waals surface area contributed by atoms with Crippen LogP contribution in [-0.4, -0.2) is 16.0 Å². The fraction of sp³-hybridized carbons (Fsp3) is 0.0500. The minimum atomic E-state index is -0.455. The lowest BCUT2D eigenvalue weighted by molar-refractivity contribution is 0.0950. The van der Waals surface area contributed by atoms with E-state index < -0.39 is 5.91 Å². The molecule has 140 valence electrons. The van der Waals surface area contributed by atoms with Crippen LogP contribution in [0.5, 0.6) is 0 Å². The van der Waals surface area contributed by atoms with E-state index in [1.54, 1.807) is 30.3 Å². The molecule has 2 aromatic heterocycles. The van der Waals surface area contributed by atoms with Crippen LogP contribution in [0.3, 0.4) is 0 Å². The monoisotopic (exact) mass is 411 g/mol. The van der Waals surface area contributed by atoms with E-state index >= 15 is 0 Å². The molecule has 0 aliphatic rings. The first kappa shape index (κ1) is 18.2. The third-order valence-electron chi connectivity index (χ3n) is 3.98. The van der Waals surface area contributed by atoms with Gasteiger partial charge in [0.2, 0.25) is 5.89 Å². The fourth-order valence-electron chi connectivity index (χ4n) is 2.64. The zero-order chi connectivity index (χ0) is 19.7. The normalized spacial score (nSPS) is 10.8. The second-order valence-electron chi connectivity index (χ2n) is 6.07. The number of nitrogens with one attached hydrogen (secondary N) is 2. The number of anilines is 1. The highest BCUT2D eigenvalue weighted by atomic mass is 35.5. The maximum absolute atomic E-state index is 12.0. The number of benzene rings is 2. The standard InChI is InChI=1S/C20H14ClN3O3S/c1-11-4-7-16-15(9-11)22-19(27-16)12-5-6-13(21)14(10-12)23-20(28)24-18(25)17-3-2-8-26-17/h2-10H,1H3,(H2,23,24,25,28). The van der Waals surface area contributed by atoms with Gasteiger partial charge in [0.1, 0.15) is 5.52 Å². The molecule has 2 heterocycles. The number of nitrogens with zero attached hydrogens (tertiary/aromatic N) is 1. The lowest BCUT2D eigenvalue weighted by atomic mass is 10.2. The third-order valence-corrected chi connectivity index (χ3v) is 4.51.